The lowest BCUT2D eigenvalue weighted by molar-refractivity contribution is -0.162. The van der Waals surface area contributed by atoms with Crippen LogP contribution in [0.2, 0.25) is 0 Å². The Hall–Kier alpha value is -2.90. The Balaban J connectivity index is 1.60. The molecule has 0 aliphatic carbocycles. The fourth-order valence-corrected chi connectivity index (χ4v) is 3.36. The lowest BCUT2D eigenvalue weighted by Gasteiger charge is -2.32. The number of anilines is 1. The summed E-state index contributed by atoms with van der Waals surface area (Å²) >= 11 is 0. The highest BCUT2D eigenvalue weighted by Gasteiger charge is 2.36. The van der Waals surface area contributed by atoms with Crippen LogP contribution in [0.4, 0.5) is 23.2 Å². The van der Waals surface area contributed by atoms with Gasteiger partial charge in [0, 0.05) is 18.8 Å². The molecule has 1 unspecified atom stereocenters. The number of halogens is 4. The molecule has 0 aromatic heterocycles. The summed E-state index contributed by atoms with van der Waals surface area (Å²) in [6.07, 6.45) is -5.10. The molecule has 1 aliphatic rings. The number of benzene rings is 2. The van der Waals surface area contributed by atoms with Crippen LogP contribution in [0.25, 0.3) is 11.1 Å². The predicted molar refractivity (Wildman–Crippen MR) is 100 cm³/mol. The molecule has 8 heteroatoms. The smallest absolute Gasteiger partial charge is 0.342 e. The summed E-state index contributed by atoms with van der Waals surface area (Å²) in [5.74, 6) is -2.26. The number of carbonyl (C=O) groups is 2. The van der Waals surface area contributed by atoms with E-state index in [1.165, 1.54) is 12.1 Å². The molecule has 2 aromatic rings. The molecule has 1 atom stereocenters. The first kappa shape index (κ1) is 20.8. The summed E-state index contributed by atoms with van der Waals surface area (Å²) in [7, 11) is 0. The van der Waals surface area contributed by atoms with Crippen molar-refractivity contribution in [2.45, 2.75) is 25.4 Å². The molecule has 0 saturated carbocycles. The standard InChI is InChI=1S/C21H20F4N2O2/c22-17-5-1-3-15(11-17)14-6-8-18(9-7-14)26-20(29)16-4-2-10-27(13-16)19(28)12-21(23,24)25/h1,3,5-9,11,16H,2,4,10,12-13H2,(H,26,29). The van der Waals surface area contributed by atoms with Crippen molar-refractivity contribution in [3.63, 3.8) is 0 Å². The monoisotopic (exact) mass is 408 g/mol. The summed E-state index contributed by atoms with van der Waals surface area (Å²) in [6.45, 7) is 0.198. The molecule has 1 aliphatic heterocycles. The number of piperidine rings is 1. The van der Waals surface area contributed by atoms with Crippen LogP contribution >= 0.6 is 0 Å². The first-order chi connectivity index (χ1) is 13.7. The molecule has 1 fully saturated rings. The number of amides is 2. The van der Waals surface area contributed by atoms with Crippen molar-refractivity contribution in [3.8, 4) is 11.1 Å². The molecule has 0 spiro atoms. The maximum atomic E-state index is 13.3. The molecule has 3 rings (SSSR count). The van der Waals surface area contributed by atoms with E-state index in [0.29, 0.717) is 24.1 Å². The number of hydrogen-bond donors (Lipinski definition) is 1. The average molecular weight is 408 g/mol. The summed E-state index contributed by atoms with van der Waals surface area (Å²) in [5.41, 5.74) is 2.01. The molecule has 29 heavy (non-hydrogen) atoms. The van der Waals surface area contributed by atoms with Crippen LogP contribution in [-0.2, 0) is 9.59 Å². The van der Waals surface area contributed by atoms with E-state index >= 15 is 0 Å². The third kappa shape index (κ3) is 5.79. The van der Waals surface area contributed by atoms with Crippen molar-refractivity contribution >= 4 is 17.5 Å². The fourth-order valence-electron chi connectivity index (χ4n) is 3.36. The molecule has 0 radical (unpaired) electrons. The second-order valence-corrected chi connectivity index (χ2v) is 7.05. The Labute approximate surface area is 165 Å². The number of hydrogen-bond acceptors (Lipinski definition) is 2. The number of nitrogens with zero attached hydrogens (tertiary/aromatic N) is 1. The second-order valence-electron chi connectivity index (χ2n) is 7.05. The maximum absolute atomic E-state index is 13.3. The summed E-state index contributed by atoms with van der Waals surface area (Å²) in [5, 5.41) is 2.74. The van der Waals surface area contributed by atoms with Crippen LogP contribution in [-0.4, -0.2) is 36.0 Å². The van der Waals surface area contributed by atoms with Crippen molar-refractivity contribution in [1.82, 2.24) is 4.90 Å². The lowest BCUT2D eigenvalue weighted by atomic mass is 9.96. The van der Waals surface area contributed by atoms with Gasteiger partial charge in [0.15, 0.2) is 0 Å². The molecular weight excluding hydrogens is 388 g/mol. The van der Waals surface area contributed by atoms with E-state index in [4.69, 9.17) is 0 Å². The van der Waals surface area contributed by atoms with Gasteiger partial charge >= 0.3 is 6.18 Å². The van der Waals surface area contributed by atoms with Crippen LogP contribution in [0.1, 0.15) is 19.3 Å². The summed E-state index contributed by atoms with van der Waals surface area (Å²) in [4.78, 5) is 25.4. The van der Waals surface area contributed by atoms with Crippen molar-refractivity contribution in [2.24, 2.45) is 5.92 Å². The van der Waals surface area contributed by atoms with Crippen LogP contribution in [0.3, 0.4) is 0 Å². The molecule has 4 nitrogen and oxygen atoms in total. The van der Waals surface area contributed by atoms with Gasteiger partial charge in [-0.2, -0.15) is 13.2 Å². The van der Waals surface area contributed by atoms with Crippen LogP contribution in [0, 0.1) is 11.7 Å². The zero-order valence-electron chi connectivity index (χ0n) is 15.5. The van der Waals surface area contributed by atoms with Gasteiger partial charge in [0.05, 0.1) is 5.92 Å². The Bertz CT molecular complexity index is 881. The van der Waals surface area contributed by atoms with E-state index in [0.717, 1.165) is 10.5 Å². The third-order valence-electron chi connectivity index (χ3n) is 4.81. The lowest BCUT2D eigenvalue weighted by Crippen LogP contribution is -2.44. The molecule has 1 saturated heterocycles. The largest absolute Gasteiger partial charge is 0.397 e. The van der Waals surface area contributed by atoms with Gasteiger partial charge < -0.3 is 10.2 Å². The van der Waals surface area contributed by atoms with Gasteiger partial charge in [0.25, 0.3) is 0 Å². The van der Waals surface area contributed by atoms with E-state index < -0.39 is 24.4 Å². The highest BCUT2D eigenvalue weighted by molar-refractivity contribution is 5.93. The molecule has 2 amide bonds. The summed E-state index contributed by atoms with van der Waals surface area (Å²) < 4.78 is 50.6. The van der Waals surface area contributed by atoms with Crippen LogP contribution in [0.15, 0.2) is 48.5 Å². The molecule has 1 N–H and O–H groups in total. The topological polar surface area (TPSA) is 49.4 Å². The van der Waals surface area contributed by atoms with Crippen LogP contribution in [0.5, 0.6) is 0 Å². The number of nitrogens with one attached hydrogen (secondary N) is 1. The van der Waals surface area contributed by atoms with Gasteiger partial charge in [-0.1, -0.05) is 24.3 Å². The average Bonchev–Trinajstić information content (AvgIpc) is 2.67. The first-order valence-electron chi connectivity index (χ1n) is 9.23. The van der Waals surface area contributed by atoms with Gasteiger partial charge in [0.1, 0.15) is 12.2 Å². The molecule has 154 valence electrons. The van der Waals surface area contributed by atoms with Gasteiger partial charge in [-0.05, 0) is 48.2 Å². The van der Waals surface area contributed by atoms with Gasteiger partial charge in [-0.3, -0.25) is 9.59 Å². The highest BCUT2D eigenvalue weighted by atomic mass is 19.4. The van der Waals surface area contributed by atoms with E-state index in [-0.39, 0.29) is 24.8 Å². The molecule has 0 bridgehead atoms. The Kier molecular flexibility index (Phi) is 6.20. The Morgan fingerprint density at radius 2 is 1.79 bits per heavy atom. The second kappa shape index (κ2) is 8.63. The first-order valence-corrected chi connectivity index (χ1v) is 9.23. The summed E-state index contributed by atoms with van der Waals surface area (Å²) in [6, 6.07) is 13.0. The zero-order valence-corrected chi connectivity index (χ0v) is 15.5. The highest BCUT2D eigenvalue weighted by Crippen LogP contribution is 2.25. The quantitative estimate of drug-likeness (QED) is 0.751. The van der Waals surface area contributed by atoms with E-state index in [9.17, 15) is 27.2 Å². The van der Waals surface area contributed by atoms with E-state index in [1.54, 1.807) is 36.4 Å². The predicted octanol–water partition coefficient (Wildman–Crippen LogP) is 4.62. The molecule has 2 aromatic carbocycles. The van der Waals surface area contributed by atoms with Gasteiger partial charge in [-0.15, -0.1) is 0 Å². The van der Waals surface area contributed by atoms with Crippen molar-refractivity contribution in [1.29, 1.82) is 0 Å². The minimum Gasteiger partial charge on any atom is -0.342 e. The maximum Gasteiger partial charge on any atom is 0.397 e. The normalized spacial score (nSPS) is 17.1. The zero-order chi connectivity index (χ0) is 21.0. The van der Waals surface area contributed by atoms with Crippen molar-refractivity contribution in [3.05, 3.63) is 54.3 Å². The minimum absolute atomic E-state index is 0.0257. The SMILES string of the molecule is O=C(Nc1ccc(-c2cccc(F)c2)cc1)C1CCCN(C(=O)CC(F)(F)F)C1. The Morgan fingerprint density at radius 3 is 2.45 bits per heavy atom. The van der Waals surface area contributed by atoms with E-state index in [1.807, 2.05) is 0 Å². The minimum atomic E-state index is -4.56. The van der Waals surface area contributed by atoms with Crippen molar-refractivity contribution in [2.75, 3.05) is 18.4 Å². The van der Waals surface area contributed by atoms with Gasteiger partial charge in [0.2, 0.25) is 11.8 Å². The molecular formula is C21H20F4N2O2. The fraction of sp³-hybridized carbons (Fsp3) is 0.333. The third-order valence-corrected chi connectivity index (χ3v) is 4.81. The number of carbonyl (C=O) groups excluding carboxylic acids is 2. The Morgan fingerprint density at radius 1 is 1.07 bits per heavy atom. The van der Waals surface area contributed by atoms with E-state index in [2.05, 4.69) is 5.32 Å². The molecule has 1 heterocycles. The number of likely N-dealkylation sites (tertiary alicyclic amines) is 1. The van der Waals surface area contributed by atoms with Crippen LogP contribution < -0.4 is 5.32 Å². The number of alkyl halides is 3. The van der Waals surface area contributed by atoms with Gasteiger partial charge in [-0.25, -0.2) is 4.39 Å². The number of rotatable bonds is 4. The van der Waals surface area contributed by atoms with Crippen molar-refractivity contribution < 1.29 is 27.2 Å².